The molecule has 0 aromatic carbocycles. The summed E-state index contributed by atoms with van der Waals surface area (Å²) in [5, 5.41) is 14.1. The maximum atomic E-state index is 5.02. The second-order valence-electron chi connectivity index (χ2n) is 3.40. The zero-order valence-electron chi connectivity index (χ0n) is 8.86. The van der Waals surface area contributed by atoms with Crippen LogP contribution in [0.25, 0.3) is 22.8 Å². The highest BCUT2D eigenvalue weighted by atomic mass is 16.5. The van der Waals surface area contributed by atoms with Gasteiger partial charge >= 0.3 is 0 Å². The van der Waals surface area contributed by atoms with E-state index in [0.29, 0.717) is 17.2 Å². The van der Waals surface area contributed by atoms with E-state index in [-0.39, 0.29) is 0 Å². The Morgan fingerprint density at radius 1 is 1.00 bits per heavy atom. The van der Waals surface area contributed by atoms with Crippen LogP contribution in [0.4, 0.5) is 0 Å². The minimum Gasteiger partial charge on any atom is -0.337 e. The van der Waals surface area contributed by atoms with Gasteiger partial charge in [-0.25, -0.2) is 0 Å². The summed E-state index contributed by atoms with van der Waals surface area (Å²) >= 11 is 0. The largest absolute Gasteiger partial charge is 0.337 e. The molecule has 0 saturated carbocycles. The smallest absolute Gasteiger partial charge is 0.205 e. The van der Waals surface area contributed by atoms with E-state index < -0.39 is 0 Å². The normalized spacial score (nSPS) is 10.6. The van der Waals surface area contributed by atoms with Gasteiger partial charge in [0.1, 0.15) is 11.9 Å². The maximum Gasteiger partial charge on any atom is 0.205 e. The Balaban J connectivity index is 2.17. The molecule has 0 radical (unpaired) electrons. The van der Waals surface area contributed by atoms with Gasteiger partial charge in [0.2, 0.25) is 5.76 Å². The van der Waals surface area contributed by atoms with E-state index in [0.717, 1.165) is 11.1 Å². The molecular formula is C10H7N5O2. The molecule has 17 heavy (non-hydrogen) atoms. The molecule has 0 aliphatic rings. The zero-order valence-corrected chi connectivity index (χ0v) is 8.86. The minimum atomic E-state index is 0.511. The third-order valence-corrected chi connectivity index (χ3v) is 2.43. The lowest BCUT2D eigenvalue weighted by Crippen LogP contribution is -1.90. The van der Waals surface area contributed by atoms with Crippen LogP contribution in [0.2, 0.25) is 0 Å². The number of hydrogen-bond acceptors (Lipinski definition) is 7. The predicted molar refractivity (Wildman–Crippen MR) is 55.6 cm³/mol. The first-order chi connectivity index (χ1) is 8.36. The summed E-state index contributed by atoms with van der Waals surface area (Å²) in [7, 11) is 0. The summed E-state index contributed by atoms with van der Waals surface area (Å²) in [6.45, 7) is 1.91. The number of pyridine rings is 1. The molecule has 3 aromatic heterocycles. The van der Waals surface area contributed by atoms with E-state index in [1.807, 2.05) is 13.0 Å². The van der Waals surface area contributed by atoms with Gasteiger partial charge in [0, 0.05) is 22.3 Å². The Kier molecular flexibility index (Phi) is 2.14. The first-order valence-corrected chi connectivity index (χ1v) is 4.87. The Morgan fingerprint density at radius 2 is 1.71 bits per heavy atom. The standard InChI is InChI=1S/C10H7N5O2/c1-6-7(8-4-12-14-16-8)2-3-11-10(6)9-5-13-15-17-9/h2-5H,1H3. The fraction of sp³-hybridized carbons (Fsp3) is 0.100. The molecule has 0 aliphatic carbocycles. The first-order valence-electron chi connectivity index (χ1n) is 4.87. The Bertz CT molecular complexity index is 566. The molecule has 84 valence electrons. The molecule has 0 fully saturated rings. The van der Waals surface area contributed by atoms with Crippen LogP contribution in [0.1, 0.15) is 5.56 Å². The van der Waals surface area contributed by atoms with Crippen molar-refractivity contribution in [2.75, 3.05) is 0 Å². The van der Waals surface area contributed by atoms with E-state index in [2.05, 4.69) is 25.7 Å². The van der Waals surface area contributed by atoms with Crippen molar-refractivity contribution in [1.82, 2.24) is 25.7 Å². The SMILES string of the molecule is Cc1c(-c2cnno2)ccnc1-c1cnno1. The highest BCUT2D eigenvalue weighted by Gasteiger charge is 2.14. The summed E-state index contributed by atoms with van der Waals surface area (Å²) < 4.78 is 10.0. The molecule has 0 unspecified atom stereocenters. The van der Waals surface area contributed by atoms with E-state index in [4.69, 9.17) is 9.05 Å². The van der Waals surface area contributed by atoms with Crippen LogP contribution in [0, 0.1) is 6.92 Å². The van der Waals surface area contributed by atoms with Crippen LogP contribution >= 0.6 is 0 Å². The minimum absolute atomic E-state index is 0.511. The van der Waals surface area contributed by atoms with Crippen LogP contribution in [0.5, 0.6) is 0 Å². The molecule has 7 heteroatoms. The van der Waals surface area contributed by atoms with Crippen LogP contribution in [0.15, 0.2) is 33.7 Å². The van der Waals surface area contributed by atoms with Gasteiger partial charge in [-0.3, -0.25) is 4.98 Å². The quantitative estimate of drug-likeness (QED) is 0.657. The Hall–Kier alpha value is -2.57. The molecular weight excluding hydrogens is 222 g/mol. The van der Waals surface area contributed by atoms with Gasteiger partial charge < -0.3 is 9.05 Å². The number of hydrogen-bond donors (Lipinski definition) is 0. The summed E-state index contributed by atoms with van der Waals surface area (Å²) in [4.78, 5) is 4.24. The third-order valence-electron chi connectivity index (χ3n) is 2.43. The van der Waals surface area contributed by atoms with Gasteiger partial charge in [-0.05, 0) is 18.6 Å². The van der Waals surface area contributed by atoms with Gasteiger partial charge in [-0.15, -0.1) is 10.2 Å². The van der Waals surface area contributed by atoms with Crippen molar-refractivity contribution in [2.45, 2.75) is 6.92 Å². The number of rotatable bonds is 2. The molecule has 0 aliphatic heterocycles. The van der Waals surface area contributed by atoms with Crippen LogP contribution in [0.3, 0.4) is 0 Å². The molecule has 0 amide bonds. The Morgan fingerprint density at radius 3 is 2.35 bits per heavy atom. The van der Waals surface area contributed by atoms with Crippen molar-refractivity contribution in [3.8, 4) is 22.8 Å². The molecule has 3 heterocycles. The van der Waals surface area contributed by atoms with Gasteiger partial charge in [-0.2, -0.15) is 0 Å². The Labute approximate surface area is 95.4 Å². The van der Waals surface area contributed by atoms with E-state index in [9.17, 15) is 0 Å². The van der Waals surface area contributed by atoms with Gasteiger partial charge in [0.05, 0.1) is 6.20 Å². The second-order valence-corrected chi connectivity index (χ2v) is 3.40. The van der Waals surface area contributed by atoms with Crippen molar-refractivity contribution >= 4 is 0 Å². The summed E-state index contributed by atoms with van der Waals surface area (Å²) in [6.07, 6.45) is 4.71. The van der Waals surface area contributed by atoms with E-state index >= 15 is 0 Å². The molecule has 0 atom stereocenters. The lowest BCUT2D eigenvalue weighted by atomic mass is 10.1. The van der Waals surface area contributed by atoms with Crippen LogP contribution in [-0.4, -0.2) is 25.7 Å². The average molecular weight is 229 g/mol. The van der Waals surface area contributed by atoms with Gasteiger partial charge in [-0.1, -0.05) is 0 Å². The highest BCUT2D eigenvalue weighted by Crippen LogP contribution is 2.28. The molecule has 0 spiro atoms. The molecule has 7 nitrogen and oxygen atoms in total. The zero-order chi connectivity index (χ0) is 11.7. The molecule has 0 saturated heterocycles. The van der Waals surface area contributed by atoms with Crippen LogP contribution < -0.4 is 0 Å². The van der Waals surface area contributed by atoms with E-state index in [1.54, 1.807) is 12.4 Å². The molecule has 0 bridgehead atoms. The van der Waals surface area contributed by atoms with Crippen molar-refractivity contribution < 1.29 is 9.05 Å². The average Bonchev–Trinajstić information content (AvgIpc) is 3.02. The summed E-state index contributed by atoms with van der Waals surface area (Å²) in [5.74, 6) is 1.09. The molecule has 3 rings (SSSR count). The number of aromatic nitrogens is 5. The monoisotopic (exact) mass is 229 g/mol. The van der Waals surface area contributed by atoms with Crippen molar-refractivity contribution in [3.05, 3.63) is 30.2 Å². The van der Waals surface area contributed by atoms with Gasteiger partial charge in [0.25, 0.3) is 0 Å². The topological polar surface area (TPSA) is 90.7 Å². The highest BCUT2D eigenvalue weighted by molar-refractivity contribution is 5.69. The summed E-state index contributed by atoms with van der Waals surface area (Å²) in [6, 6.07) is 1.82. The maximum absolute atomic E-state index is 5.02. The van der Waals surface area contributed by atoms with Crippen molar-refractivity contribution in [1.29, 1.82) is 0 Å². The van der Waals surface area contributed by atoms with Crippen molar-refractivity contribution in [3.63, 3.8) is 0 Å². The fourth-order valence-electron chi connectivity index (χ4n) is 1.61. The summed E-state index contributed by atoms with van der Waals surface area (Å²) in [5.41, 5.74) is 2.42. The third kappa shape index (κ3) is 1.57. The predicted octanol–water partition coefficient (Wildman–Crippen LogP) is 1.49. The van der Waals surface area contributed by atoms with E-state index in [1.165, 1.54) is 6.20 Å². The molecule has 0 N–H and O–H groups in total. The second kappa shape index (κ2) is 3.78. The van der Waals surface area contributed by atoms with Gasteiger partial charge in [0.15, 0.2) is 5.76 Å². The number of nitrogens with zero attached hydrogens (tertiary/aromatic N) is 5. The first kappa shape index (κ1) is 9.64. The lowest BCUT2D eigenvalue weighted by molar-refractivity contribution is 0.401. The lowest BCUT2D eigenvalue weighted by Gasteiger charge is -2.04. The van der Waals surface area contributed by atoms with Crippen LogP contribution in [-0.2, 0) is 0 Å². The molecule has 3 aromatic rings. The fourth-order valence-corrected chi connectivity index (χ4v) is 1.61. The van der Waals surface area contributed by atoms with Crippen molar-refractivity contribution in [2.24, 2.45) is 0 Å².